The number of carbonyl (C=O) groups excluding carboxylic acids is 3. The smallest absolute Gasteiger partial charge is 0.338 e. The Balaban J connectivity index is 1.66. The number of aryl methyl sites for hydroxylation is 1. The molecular formula is C18H17N3O7S. The molecule has 2 aromatic rings. The topological polar surface area (TPSA) is 151 Å². The zero-order valence-electron chi connectivity index (χ0n) is 15.4. The Labute approximate surface area is 168 Å². The minimum absolute atomic E-state index is 0.00554. The number of anilines is 1. The molecule has 1 aliphatic carbocycles. The predicted molar refractivity (Wildman–Crippen MR) is 103 cm³/mol. The number of benzene rings is 1. The number of thiophene rings is 1. The van der Waals surface area contributed by atoms with Crippen LogP contribution in [-0.4, -0.2) is 36.4 Å². The molecule has 0 aliphatic heterocycles. The Morgan fingerprint density at radius 1 is 1.31 bits per heavy atom. The van der Waals surface area contributed by atoms with Gasteiger partial charge in [-0.1, -0.05) is 0 Å². The van der Waals surface area contributed by atoms with Crippen LogP contribution in [0.4, 0.5) is 10.7 Å². The summed E-state index contributed by atoms with van der Waals surface area (Å²) in [4.78, 5) is 47.4. The number of fused-ring (bicyclic) bond motifs is 1. The van der Waals surface area contributed by atoms with E-state index in [9.17, 15) is 24.5 Å². The normalized spacial score (nSPS) is 12.2. The first kappa shape index (κ1) is 20.3. The van der Waals surface area contributed by atoms with Gasteiger partial charge in [-0.15, -0.1) is 11.3 Å². The first-order chi connectivity index (χ1) is 13.8. The summed E-state index contributed by atoms with van der Waals surface area (Å²) in [5.74, 6) is -2.19. The van der Waals surface area contributed by atoms with Gasteiger partial charge in [-0.3, -0.25) is 19.7 Å². The monoisotopic (exact) mass is 419 g/mol. The van der Waals surface area contributed by atoms with E-state index in [1.165, 1.54) is 30.6 Å². The number of ether oxygens (including phenoxy) is 2. The number of primary amides is 1. The number of amides is 2. The van der Waals surface area contributed by atoms with Gasteiger partial charge in [-0.05, 0) is 37.0 Å². The van der Waals surface area contributed by atoms with Gasteiger partial charge >= 0.3 is 11.7 Å². The predicted octanol–water partition coefficient (Wildman–Crippen LogP) is 2.05. The van der Waals surface area contributed by atoms with Crippen molar-refractivity contribution in [3.8, 4) is 5.75 Å². The summed E-state index contributed by atoms with van der Waals surface area (Å²) >= 11 is 1.28. The molecule has 11 heteroatoms. The molecule has 0 atom stereocenters. The number of hydrogen-bond acceptors (Lipinski definition) is 8. The number of nitrogens with two attached hydrogens (primary N) is 1. The summed E-state index contributed by atoms with van der Waals surface area (Å²) in [6.07, 6.45) is 2.48. The van der Waals surface area contributed by atoms with E-state index in [1.54, 1.807) is 0 Å². The van der Waals surface area contributed by atoms with E-state index in [2.05, 4.69) is 5.32 Å². The molecule has 0 radical (unpaired) electrons. The molecule has 1 aliphatic rings. The van der Waals surface area contributed by atoms with Crippen LogP contribution in [-0.2, 0) is 22.4 Å². The lowest BCUT2D eigenvalue weighted by Crippen LogP contribution is -2.22. The van der Waals surface area contributed by atoms with Crippen molar-refractivity contribution in [2.45, 2.75) is 19.3 Å². The van der Waals surface area contributed by atoms with Crippen molar-refractivity contribution in [3.05, 3.63) is 49.9 Å². The maximum atomic E-state index is 12.2. The molecule has 0 bridgehead atoms. The third kappa shape index (κ3) is 4.19. The van der Waals surface area contributed by atoms with Gasteiger partial charge in [0.1, 0.15) is 5.00 Å². The fraction of sp³-hybridized carbons (Fsp3) is 0.278. The molecule has 1 heterocycles. The van der Waals surface area contributed by atoms with Crippen molar-refractivity contribution >= 4 is 39.8 Å². The van der Waals surface area contributed by atoms with Crippen molar-refractivity contribution < 1.29 is 28.8 Å². The number of nitro groups is 1. The second-order valence-corrected chi connectivity index (χ2v) is 7.30. The number of nitrogens with one attached hydrogen (secondary N) is 1. The van der Waals surface area contributed by atoms with E-state index in [0.717, 1.165) is 35.8 Å². The Hall–Kier alpha value is -3.47. The number of nitrogens with zero attached hydrogens (tertiary/aromatic N) is 1. The summed E-state index contributed by atoms with van der Waals surface area (Å²) in [6, 6.07) is 3.57. The van der Waals surface area contributed by atoms with Crippen LogP contribution in [0.5, 0.6) is 5.75 Å². The molecule has 0 saturated carbocycles. The molecular weight excluding hydrogens is 402 g/mol. The highest BCUT2D eigenvalue weighted by Gasteiger charge is 2.26. The molecule has 0 spiro atoms. The number of hydrogen-bond donors (Lipinski definition) is 2. The SMILES string of the molecule is COc1ccc(C(=O)OCC(=O)Nc2sc3c(c2C(N)=O)CCC3)cc1[N+](=O)[O-]. The highest BCUT2D eigenvalue weighted by molar-refractivity contribution is 7.17. The van der Waals surface area contributed by atoms with Gasteiger partial charge in [0, 0.05) is 10.9 Å². The van der Waals surface area contributed by atoms with E-state index in [0.29, 0.717) is 10.6 Å². The minimum Gasteiger partial charge on any atom is -0.490 e. The van der Waals surface area contributed by atoms with Crippen molar-refractivity contribution in [2.75, 3.05) is 19.0 Å². The lowest BCUT2D eigenvalue weighted by Gasteiger charge is -2.08. The quantitative estimate of drug-likeness (QED) is 0.396. The standard InChI is InChI=1S/C18H17N3O7S/c1-27-12-6-5-9(7-11(12)21(25)26)18(24)28-8-14(22)20-17-15(16(19)23)10-3-2-4-13(10)29-17/h5-7H,2-4,8H2,1H3,(H2,19,23)(H,20,22). The molecule has 1 aromatic carbocycles. The third-order valence-corrected chi connectivity index (χ3v) is 5.57. The first-order valence-corrected chi connectivity index (χ1v) is 9.37. The Kier molecular flexibility index (Phi) is 5.78. The lowest BCUT2D eigenvalue weighted by atomic mass is 10.1. The molecule has 3 N–H and O–H groups in total. The van der Waals surface area contributed by atoms with Crippen LogP contribution < -0.4 is 15.8 Å². The van der Waals surface area contributed by atoms with Crippen molar-refractivity contribution in [1.29, 1.82) is 0 Å². The summed E-state index contributed by atoms with van der Waals surface area (Å²) in [5.41, 5.74) is 6.10. The molecule has 1 aromatic heterocycles. The van der Waals surface area contributed by atoms with Crippen molar-refractivity contribution in [1.82, 2.24) is 0 Å². The largest absolute Gasteiger partial charge is 0.490 e. The average Bonchev–Trinajstić information content (AvgIpc) is 3.25. The van der Waals surface area contributed by atoms with Crippen LogP contribution >= 0.6 is 11.3 Å². The van der Waals surface area contributed by atoms with Crippen LogP contribution in [0.25, 0.3) is 0 Å². The number of carbonyl (C=O) groups is 3. The first-order valence-electron chi connectivity index (χ1n) is 8.55. The third-order valence-electron chi connectivity index (χ3n) is 4.37. The molecule has 0 unspecified atom stereocenters. The summed E-state index contributed by atoms with van der Waals surface area (Å²) in [7, 11) is 1.27. The Morgan fingerprint density at radius 3 is 2.72 bits per heavy atom. The van der Waals surface area contributed by atoms with Gasteiger partial charge < -0.3 is 20.5 Å². The number of esters is 1. The highest BCUT2D eigenvalue weighted by Crippen LogP contribution is 2.38. The average molecular weight is 419 g/mol. The van der Waals surface area contributed by atoms with E-state index in [1.807, 2.05) is 0 Å². The van der Waals surface area contributed by atoms with Gasteiger partial charge in [0.25, 0.3) is 11.8 Å². The minimum atomic E-state index is -0.908. The van der Waals surface area contributed by atoms with Gasteiger partial charge in [0.2, 0.25) is 0 Å². The van der Waals surface area contributed by atoms with Gasteiger partial charge in [-0.2, -0.15) is 0 Å². The van der Waals surface area contributed by atoms with Crippen LogP contribution in [0.3, 0.4) is 0 Å². The molecule has 0 fully saturated rings. The van der Waals surface area contributed by atoms with Crippen LogP contribution in [0, 0.1) is 10.1 Å². The number of methoxy groups -OCH3 is 1. The number of rotatable bonds is 7. The molecule has 152 valence electrons. The fourth-order valence-corrected chi connectivity index (χ4v) is 4.40. The van der Waals surface area contributed by atoms with Gasteiger partial charge in [-0.25, -0.2) is 4.79 Å². The van der Waals surface area contributed by atoms with Gasteiger partial charge in [0.05, 0.1) is 23.2 Å². The van der Waals surface area contributed by atoms with Crippen LogP contribution in [0.2, 0.25) is 0 Å². The maximum absolute atomic E-state index is 12.2. The highest BCUT2D eigenvalue weighted by atomic mass is 32.1. The van der Waals surface area contributed by atoms with E-state index in [-0.39, 0.29) is 11.3 Å². The Morgan fingerprint density at radius 2 is 2.07 bits per heavy atom. The summed E-state index contributed by atoms with van der Waals surface area (Å²) in [5, 5.41) is 13.9. The molecule has 2 amide bonds. The van der Waals surface area contributed by atoms with Gasteiger partial charge in [0.15, 0.2) is 12.4 Å². The zero-order valence-corrected chi connectivity index (χ0v) is 16.2. The van der Waals surface area contributed by atoms with Crippen LogP contribution in [0.15, 0.2) is 18.2 Å². The fourth-order valence-electron chi connectivity index (χ4n) is 3.09. The Bertz CT molecular complexity index is 1020. The molecule has 10 nitrogen and oxygen atoms in total. The van der Waals surface area contributed by atoms with Crippen molar-refractivity contribution in [3.63, 3.8) is 0 Å². The number of nitro benzene ring substituents is 1. The molecule has 0 saturated heterocycles. The lowest BCUT2D eigenvalue weighted by molar-refractivity contribution is -0.385. The zero-order chi connectivity index (χ0) is 21.1. The second kappa shape index (κ2) is 8.27. The van der Waals surface area contributed by atoms with Crippen molar-refractivity contribution in [2.24, 2.45) is 5.73 Å². The van der Waals surface area contributed by atoms with E-state index in [4.69, 9.17) is 15.2 Å². The molecule has 3 rings (SSSR count). The maximum Gasteiger partial charge on any atom is 0.338 e. The van der Waals surface area contributed by atoms with Crippen LogP contribution in [0.1, 0.15) is 37.6 Å². The molecule has 29 heavy (non-hydrogen) atoms. The van der Waals surface area contributed by atoms with E-state index < -0.39 is 35.0 Å². The second-order valence-electron chi connectivity index (χ2n) is 6.19. The summed E-state index contributed by atoms with van der Waals surface area (Å²) in [6.45, 7) is -0.626. The van der Waals surface area contributed by atoms with E-state index >= 15 is 0 Å². The summed E-state index contributed by atoms with van der Waals surface area (Å²) < 4.78 is 9.79.